The van der Waals surface area contributed by atoms with E-state index in [2.05, 4.69) is 10.6 Å². The summed E-state index contributed by atoms with van der Waals surface area (Å²) in [5.41, 5.74) is -0.690. The summed E-state index contributed by atoms with van der Waals surface area (Å²) in [6.45, 7) is 6.17. The lowest BCUT2D eigenvalue weighted by molar-refractivity contribution is -0.119. The average molecular weight is 414 g/mol. The third kappa shape index (κ3) is 4.72. The third-order valence-electron chi connectivity index (χ3n) is 4.97. The number of aromatic nitrogens is 1. The molecule has 3 N–H and O–H groups in total. The van der Waals surface area contributed by atoms with E-state index in [1.54, 1.807) is 27.0 Å². The van der Waals surface area contributed by atoms with Crippen LogP contribution in [0.5, 0.6) is 0 Å². The maximum atomic E-state index is 13.4. The van der Waals surface area contributed by atoms with Crippen molar-refractivity contribution >= 4 is 23.3 Å². The number of carbonyl (C=O) groups excluding carboxylic acids is 3. The largest absolute Gasteiger partial charge is 0.388 e. The molecule has 0 fully saturated rings. The van der Waals surface area contributed by atoms with E-state index in [-0.39, 0.29) is 22.5 Å². The molecule has 0 saturated carbocycles. The van der Waals surface area contributed by atoms with Crippen molar-refractivity contribution in [3.8, 4) is 6.07 Å². The van der Waals surface area contributed by atoms with Crippen LogP contribution >= 0.6 is 0 Å². The van der Waals surface area contributed by atoms with Crippen molar-refractivity contribution in [1.82, 2.24) is 9.88 Å². The molecule has 2 amide bonds. The molecule has 0 saturated heterocycles. The molecule has 0 aliphatic rings. The SMILES string of the molecule is Cc1c(C(=O)C(=O)NC(C)C(C)(C)O)cc(C(=O)Nc2ccc(F)c(C#N)c2)n1C. The first-order valence-corrected chi connectivity index (χ1v) is 9.11. The number of nitrogens with zero attached hydrogens (tertiary/aromatic N) is 2. The quantitative estimate of drug-likeness (QED) is 0.493. The molecule has 0 aliphatic heterocycles. The van der Waals surface area contributed by atoms with Gasteiger partial charge in [0.05, 0.1) is 17.2 Å². The molecule has 1 aromatic carbocycles. The van der Waals surface area contributed by atoms with Crippen LogP contribution < -0.4 is 10.6 Å². The molecule has 158 valence electrons. The molecule has 1 atom stereocenters. The molecule has 0 radical (unpaired) electrons. The highest BCUT2D eigenvalue weighted by Gasteiger charge is 2.29. The zero-order valence-electron chi connectivity index (χ0n) is 17.3. The fourth-order valence-electron chi connectivity index (χ4n) is 2.59. The molecule has 0 spiro atoms. The first-order valence-electron chi connectivity index (χ1n) is 9.11. The number of nitriles is 1. The van der Waals surface area contributed by atoms with Gasteiger partial charge in [-0.15, -0.1) is 0 Å². The number of anilines is 1. The summed E-state index contributed by atoms with van der Waals surface area (Å²) in [6, 6.07) is 5.87. The molecule has 2 aromatic rings. The lowest BCUT2D eigenvalue weighted by atomic mass is 10.0. The van der Waals surface area contributed by atoms with Crippen LogP contribution in [0.1, 0.15) is 52.9 Å². The average Bonchev–Trinajstić information content (AvgIpc) is 2.97. The molecular formula is C21H23FN4O4. The van der Waals surface area contributed by atoms with Gasteiger partial charge in [-0.25, -0.2) is 4.39 Å². The summed E-state index contributed by atoms with van der Waals surface area (Å²) in [5, 5.41) is 23.8. The standard InChI is InChI=1S/C21H23FN4O4/c1-11-15(18(27)20(29)24-12(2)21(3,4)30)9-17(26(11)5)19(28)25-14-6-7-16(22)13(8-14)10-23/h6-9,12,30H,1-5H3,(H,24,29)(H,25,28). The number of ketones is 1. The van der Waals surface area contributed by atoms with Gasteiger partial charge in [0, 0.05) is 24.0 Å². The number of Topliss-reactive ketones (excluding diaryl/α,β-unsaturated/α-hetero) is 1. The van der Waals surface area contributed by atoms with E-state index in [1.165, 1.54) is 36.6 Å². The van der Waals surface area contributed by atoms with Gasteiger partial charge in [0.2, 0.25) is 0 Å². The molecule has 0 aliphatic carbocycles. The highest BCUT2D eigenvalue weighted by molar-refractivity contribution is 6.43. The minimum absolute atomic E-state index is 0.0416. The normalized spacial score (nSPS) is 12.1. The van der Waals surface area contributed by atoms with Crippen molar-refractivity contribution in [3.05, 3.63) is 52.6 Å². The lowest BCUT2D eigenvalue weighted by Crippen LogP contribution is -2.49. The van der Waals surface area contributed by atoms with Crippen molar-refractivity contribution in [3.63, 3.8) is 0 Å². The van der Waals surface area contributed by atoms with Gasteiger partial charge < -0.3 is 20.3 Å². The van der Waals surface area contributed by atoms with Gasteiger partial charge in [-0.3, -0.25) is 14.4 Å². The number of aliphatic hydroxyl groups is 1. The van der Waals surface area contributed by atoms with Crippen LogP contribution in [0, 0.1) is 24.1 Å². The Morgan fingerprint density at radius 1 is 1.27 bits per heavy atom. The molecule has 8 nitrogen and oxygen atoms in total. The number of benzene rings is 1. The zero-order chi connectivity index (χ0) is 22.8. The fourth-order valence-corrected chi connectivity index (χ4v) is 2.59. The first-order chi connectivity index (χ1) is 13.9. The van der Waals surface area contributed by atoms with E-state index >= 15 is 0 Å². The van der Waals surface area contributed by atoms with Crippen LogP contribution in [0.2, 0.25) is 0 Å². The Hall–Kier alpha value is -3.51. The van der Waals surface area contributed by atoms with Gasteiger partial charge in [-0.1, -0.05) is 0 Å². The molecular weight excluding hydrogens is 391 g/mol. The number of hydrogen-bond acceptors (Lipinski definition) is 5. The Morgan fingerprint density at radius 2 is 1.90 bits per heavy atom. The van der Waals surface area contributed by atoms with Crippen molar-refractivity contribution in [2.24, 2.45) is 7.05 Å². The molecule has 9 heteroatoms. The Bertz CT molecular complexity index is 1060. The second kappa shape index (κ2) is 8.47. The van der Waals surface area contributed by atoms with Crippen molar-refractivity contribution in [2.45, 2.75) is 39.3 Å². The van der Waals surface area contributed by atoms with Crippen LogP contribution in [0.15, 0.2) is 24.3 Å². The van der Waals surface area contributed by atoms with Crippen LogP contribution in [0.25, 0.3) is 0 Å². The van der Waals surface area contributed by atoms with Crippen LogP contribution in [0.4, 0.5) is 10.1 Å². The first kappa shape index (κ1) is 22.8. The topological polar surface area (TPSA) is 124 Å². The molecule has 30 heavy (non-hydrogen) atoms. The fraction of sp³-hybridized carbons (Fsp3) is 0.333. The second-order valence-electron chi connectivity index (χ2n) is 7.53. The number of nitrogens with one attached hydrogen (secondary N) is 2. The third-order valence-corrected chi connectivity index (χ3v) is 4.97. The predicted molar refractivity (Wildman–Crippen MR) is 107 cm³/mol. The van der Waals surface area contributed by atoms with E-state index in [0.717, 1.165) is 6.07 Å². The summed E-state index contributed by atoms with van der Waals surface area (Å²) in [5.74, 6) is -3.04. The van der Waals surface area contributed by atoms with Gasteiger partial charge in [0.15, 0.2) is 0 Å². The van der Waals surface area contributed by atoms with Gasteiger partial charge in [0.25, 0.3) is 17.6 Å². The second-order valence-corrected chi connectivity index (χ2v) is 7.53. The zero-order valence-corrected chi connectivity index (χ0v) is 17.3. The highest BCUT2D eigenvalue weighted by Crippen LogP contribution is 2.19. The van der Waals surface area contributed by atoms with E-state index in [9.17, 15) is 23.9 Å². The number of hydrogen-bond donors (Lipinski definition) is 3. The summed E-state index contributed by atoms with van der Waals surface area (Å²) >= 11 is 0. The van der Waals surface area contributed by atoms with Gasteiger partial charge in [-0.2, -0.15) is 5.26 Å². The van der Waals surface area contributed by atoms with Gasteiger partial charge >= 0.3 is 0 Å². The lowest BCUT2D eigenvalue weighted by Gasteiger charge is -2.26. The molecule has 1 heterocycles. The summed E-state index contributed by atoms with van der Waals surface area (Å²) in [6.07, 6.45) is 0. The van der Waals surface area contributed by atoms with E-state index in [4.69, 9.17) is 5.26 Å². The smallest absolute Gasteiger partial charge is 0.292 e. The molecule has 1 aromatic heterocycles. The van der Waals surface area contributed by atoms with Crippen LogP contribution in [-0.2, 0) is 11.8 Å². The van der Waals surface area contributed by atoms with Crippen molar-refractivity contribution < 1.29 is 23.9 Å². The number of rotatable bonds is 6. The number of carbonyl (C=O) groups is 3. The Kier molecular flexibility index (Phi) is 6.43. The van der Waals surface area contributed by atoms with Gasteiger partial charge in [0.1, 0.15) is 17.6 Å². The maximum absolute atomic E-state index is 13.4. The highest BCUT2D eigenvalue weighted by atomic mass is 19.1. The molecule has 0 bridgehead atoms. The monoisotopic (exact) mass is 414 g/mol. The van der Waals surface area contributed by atoms with E-state index < -0.39 is 35.1 Å². The number of amides is 2. The Labute approximate surface area is 173 Å². The van der Waals surface area contributed by atoms with E-state index in [1.807, 2.05) is 0 Å². The Balaban J connectivity index is 2.26. The summed E-state index contributed by atoms with van der Waals surface area (Å²) in [7, 11) is 1.56. The number of halogens is 1. The van der Waals surface area contributed by atoms with Crippen LogP contribution in [-0.4, -0.2) is 38.9 Å². The van der Waals surface area contributed by atoms with E-state index in [0.29, 0.717) is 5.69 Å². The summed E-state index contributed by atoms with van der Waals surface area (Å²) in [4.78, 5) is 37.5. The predicted octanol–water partition coefficient (Wildman–Crippen LogP) is 2.05. The van der Waals surface area contributed by atoms with Crippen LogP contribution in [0.3, 0.4) is 0 Å². The molecule has 1 unspecified atom stereocenters. The molecule has 2 rings (SSSR count). The Morgan fingerprint density at radius 3 is 2.47 bits per heavy atom. The summed E-state index contributed by atoms with van der Waals surface area (Å²) < 4.78 is 14.9. The minimum Gasteiger partial charge on any atom is -0.388 e. The van der Waals surface area contributed by atoms with Gasteiger partial charge in [-0.05, 0) is 52.0 Å². The van der Waals surface area contributed by atoms with Crippen molar-refractivity contribution in [2.75, 3.05) is 5.32 Å². The minimum atomic E-state index is -1.22. The maximum Gasteiger partial charge on any atom is 0.292 e. The van der Waals surface area contributed by atoms with Crippen molar-refractivity contribution in [1.29, 1.82) is 5.26 Å².